The number of likely N-dealkylation sites (N-methyl/N-ethyl adjacent to an activating group) is 1. The van der Waals surface area contributed by atoms with Gasteiger partial charge in [0.1, 0.15) is 5.75 Å². The lowest BCUT2D eigenvalue weighted by atomic mass is 10.2. The molecule has 0 bridgehead atoms. The van der Waals surface area contributed by atoms with Crippen LogP contribution in [-0.4, -0.2) is 26.1 Å². The molecule has 0 saturated heterocycles. The van der Waals surface area contributed by atoms with E-state index in [1.807, 2.05) is 66.4 Å². The molecule has 0 aliphatic heterocycles. The topological polar surface area (TPSA) is 41.6 Å². The maximum absolute atomic E-state index is 12.2. The zero-order chi connectivity index (χ0) is 15.8. The number of rotatable bonds is 7. The lowest BCUT2D eigenvalue weighted by molar-refractivity contribution is -0.119. The van der Waals surface area contributed by atoms with E-state index in [0.717, 1.165) is 23.5 Å². The Bertz CT molecular complexity index is 599. The van der Waals surface area contributed by atoms with Crippen LogP contribution < -0.4 is 15.0 Å². The van der Waals surface area contributed by atoms with Crippen LogP contribution in [-0.2, 0) is 11.3 Å². The lowest BCUT2D eigenvalue weighted by Crippen LogP contribution is -2.37. The van der Waals surface area contributed by atoms with Crippen LogP contribution in [0.15, 0.2) is 54.6 Å². The van der Waals surface area contributed by atoms with Crippen LogP contribution in [0.25, 0.3) is 0 Å². The van der Waals surface area contributed by atoms with E-state index < -0.39 is 0 Å². The highest BCUT2D eigenvalue weighted by Gasteiger charge is 2.10. The van der Waals surface area contributed by atoms with Crippen molar-refractivity contribution in [2.75, 3.05) is 25.1 Å². The van der Waals surface area contributed by atoms with E-state index in [9.17, 15) is 4.79 Å². The second-order valence-corrected chi connectivity index (χ2v) is 4.94. The Morgan fingerprint density at radius 3 is 2.45 bits per heavy atom. The molecule has 0 saturated carbocycles. The molecule has 0 aliphatic carbocycles. The van der Waals surface area contributed by atoms with Crippen LogP contribution in [0.4, 0.5) is 5.69 Å². The van der Waals surface area contributed by atoms with Crippen molar-refractivity contribution in [3.05, 3.63) is 60.2 Å². The van der Waals surface area contributed by atoms with Gasteiger partial charge in [0.2, 0.25) is 5.91 Å². The van der Waals surface area contributed by atoms with Gasteiger partial charge in [-0.1, -0.05) is 36.4 Å². The number of methoxy groups -OCH3 is 1. The molecule has 0 aromatic heterocycles. The zero-order valence-electron chi connectivity index (χ0n) is 13.1. The van der Waals surface area contributed by atoms with Gasteiger partial charge < -0.3 is 15.0 Å². The summed E-state index contributed by atoms with van der Waals surface area (Å²) in [6.45, 7) is 3.64. The second kappa shape index (κ2) is 8.08. The molecule has 0 aliphatic rings. The third-order valence-corrected chi connectivity index (χ3v) is 3.51. The van der Waals surface area contributed by atoms with Gasteiger partial charge in [-0.2, -0.15) is 0 Å². The number of benzene rings is 2. The Kier molecular flexibility index (Phi) is 5.83. The first-order valence-corrected chi connectivity index (χ1v) is 7.43. The van der Waals surface area contributed by atoms with Crippen molar-refractivity contribution in [1.29, 1.82) is 0 Å². The molecule has 0 radical (unpaired) electrons. The SMILES string of the molecule is CCN(CC(=O)NCc1ccccc1OC)c1ccccc1. The number of carbonyl (C=O) groups is 1. The highest BCUT2D eigenvalue weighted by molar-refractivity contribution is 5.81. The Balaban J connectivity index is 1.92. The maximum atomic E-state index is 12.2. The van der Waals surface area contributed by atoms with Crippen LogP contribution in [0.5, 0.6) is 5.75 Å². The quantitative estimate of drug-likeness (QED) is 0.854. The van der Waals surface area contributed by atoms with E-state index in [1.54, 1.807) is 7.11 Å². The summed E-state index contributed by atoms with van der Waals surface area (Å²) in [6, 6.07) is 17.6. The second-order valence-electron chi connectivity index (χ2n) is 4.94. The summed E-state index contributed by atoms with van der Waals surface area (Å²) in [5, 5.41) is 2.95. The van der Waals surface area contributed by atoms with Crippen LogP contribution in [0.2, 0.25) is 0 Å². The molecule has 2 rings (SSSR count). The average molecular weight is 298 g/mol. The number of nitrogens with one attached hydrogen (secondary N) is 1. The molecule has 0 spiro atoms. The van der Waals surface area contributed by atoms with Crippen molar-refractivity contribution in [2.45, 2.75) is 13.5 Å². The highest BCUT2D eigenvalue weighted by atomic mass is 16.5. The summed E-state index contributed by atoms with van der Waals surface area (Å²) in [6.07, 6.45) is 0. The largest absolute Gasteiger partial charge is 0.496 e. The molecule has 0 fully saturated rings. The van der Waals surface area contributed by atoms with Gasteiger partial charge in [0.25, 0.3) is 0 Å². The van der Waals surface area contributed by atoms with Crippen LogP contribution in [0, 0.1) is 0 Å². The lowest BCUT2D eigenvalue weighted by Gasteiger charge is -2.22. The van der Waals surface area contributed by atoms with Crippen molar-refractivity contribution in [3.63, 3.8) is 0 Å². The Labute approximate surface area is 131 Å². The van der Waals surface area contributed by atoms with E-state index in [-0.39, 0.29) is 5.91 Å². The summed E-state index contributed by atoms with van der Waals surface area (Å²) >= 11 is 0. The fourth-order valence-corrected chi connectivity index (χ4v) is 2.30. The summed E-state index contributed by atoms with van der Waals surface area (Å²) in [4.78, 5) is 14.2. The van der Waals surface area contributed by atoms with Gasteiger partial charge in [-0.15, -0.1) is 0 Å². The van der Waals surface area contributed by atoms with Gasteiger partial charge in [-0.3, -0.25) is 4.79 Å². The number of hydrogen-bond donors (Lipinski definition) is 1. The molecule has 22 heavy (non-hydrogen) atoms. The van der Waals surface area contributed by atoms with Gasteiger partial charge in [-0.05, 0) is 25.1 Å². The van der Waals surface area contributed by atoms with Crippen molar-refractivity contribution < 1.29 is 9.53 Å². The number of nitrogens with zero attached hydrogens (tertiary/aromatic N) is 1. The van der Waals surface area contributed by atoms with E-state index in [1.165, 1.54) is 0 Å². The number of carbonyl (C=O) groups excluding carboxylic acids is 1. The van der Waals surface area contributed by atoms with E-state index >= 15 is 0 Å². The third kappa shape index (κ3) is 4.25. The number of ether oxygens (including phenoxy) is 1. The number of para-hydroxylation sites is 2. The van der Waals surface area contributed by atoms with E-state index in [2.05, 4.69) is 5.32 Å². The summed E-state index contributed by atoms with van der Waals surface area (Å²) in [5.41, 5.74) is 2.03. The average Bonchev–Trinajstić information content (AvgIpc) is 2.58. The molecule has 116 valence electrons. The van der Waals surface area contributed by atoms with Gasteiger partial charge in [0.05, 0.1) is 13.7 Å². The van der Waals surface area contributed by atoms with Crippen LogP contribution in [0.3, 0.4) is 0 Å². The van der Waals surface area contributed by atoms with Crippen molar-refractivity contribution in [1.82, 2.24) is 5.32 Å². The number of hydrogen-bond acceptors (Lipinski definition) is 3. The summed E-state index contributed by atoms with van der Waals surface area (Å²) < 4.78 is 5.29. The van der Waals surface area contributed by atoms with Crippen LogP contribution in [0.1, 0.15) is 12.5 Å². The smallest absolute Gasteiger partial charge is 0.239 e. The molecule has 2 aromatic rings. The summed E-state index contributed by atoms with van der Waals surface area (Å²) in [7, 11) is 1.63. The first kappa shape index (κ1) is 15.9. The highest BCUT2D eigenvalue weighted by Crippen LogP contribution is 2.17. The first-order valence-electron chi connectivity index (χ1n) is 7.43. The molecule has 1 amide bonds. The zero-order valence-corrected chi connectivity index (χ0v) is 13.1. The third-order valence-electron chi connectivity index (χ3n) is 3.51. The Hall–Kier alpha value is -2.49. The van der Waals surface area contributed by atoms with Gasteiger partial charge in [0.15, 0.2) is 0 Å². The first-order chi connectivity index (χ1) is 10.7. The number of anilines is 1. The Morgan fingerprint density at radius 1 is 1.09 bits per heavy atom. The minimum atomic E-state index is -0.00314. The Morgan fingerprint density at radius 2 is 1.77 bits per heavy atom. The monoisotopic (exact) mass is 298 g/mol. The van der Waals surface area contributed by atoms with E-state index in [0.29, 0.717) is 13.1 Å². The molecule has 4 heteroatoms. The molecule has 0 heterocycles. The van der Waals surface area contributed by atoms with Gasteiger partial charge in [-0.25, -0.2) is 0 Å². The summed E-state index contributed by atoms with van der Waals surface area (Å²) in [5.74, 6) is 0.787. The standard InChI is InChI=1S/C18H22N2O2/c1-3-20(16-10-5-4-6-11-16)14-18(21)19-13-15-9-7-8-12-17(15)22-2/h4-12H,3,13-14H2,1-2H3,(H,19,21). The predicted molar refractivity (Wildman–Crippen MR) is 89.2 cm³/mol. The fourth-order valence-electron chi connectivity index (χ4n) is 2.30. The fraction of sp³-hybridized carbons (Fsp3) is 0.278. The molecular formula is C18H22N2O2. The van der Waals surface area contributed by atoms with Crippen LogP contribution >= 0.6 is 0 Å². The molecule has 1 N–H and O–H groups in total. The predicted octanol–water partition coefficient (Wildman–Crippen LogP) is 2.84. The molecule has 0 unspecified atom stereocenters. The molecule has 0 atom stereocenters. The maximum Gasteiger partial charge on any atom is 0.239 e. The minimum absolute atomic E-state index is 0.00314. The van der Waals surface area contributed by atoms with Gasteiger partial charge in [0, 0.05) is 24.3 Å². The van der Waals surface area contributed by atoms with Crippen molar-refractivity contribution in [2.24, 2.45) is 0 Å². The molecule has 2 aromatic carbocycles. The normalized spacial score (nSPS) is 10.1. The number of amides is 1. The molecular weight excluding hydrogens is 276 g/mol. The van der Waals surface area contributed by atoms with E-state index in [4.69, 9.17) is 4.74 Å². The molecule has 4 nitrogen and oxygen atoms in total. The minimum Gasteiger partial charge on any atom is -0.496 e. The van der Waals surface area contributed by atoms with Gasteiger partial charge >= 0.3 is 0 Å². The van der Waals surface area contributed by atoms with Crippen molar-refractivity contribution >= 4 is 11.6 Å². The van der Waals surface area contributed by atoms with Crippen molar-refractivity contribution in [3.8, 4) is 5.75 Å².